The Bertz CT molecular complexity index is 638. The van der Waals surface area contributed by atoms with E-state index in [1.165, 1.54) is 12.1 Å². The van der Waals surface area contributed by atoms with Gasteiger partial charge in [-0.15, -0.1) is 0 Å². The first-order chi connectivity index (χ1) is 9.60. The van der Waals surface area contributed by atoms with E-state index in [0.29, 0.717) is 5.75 Å². The normalized spacial score (nSPS) is 21.4. The van der Waals surface area contributed by atoms with Crippen LogP contribution in [0.25, 0.3) is 0 Å². The van der Waals surface area contributed by atoms with E-state index < -0.39 is 0 Å². The molecule has 106 valence electrons. The zero-order chi connectivity index (χ0) is 14.3. The van der Waals surface area contributed by atoms with E-state index in [4.69, 9.17) is 4.74 Å². The minimum absolute atomic E-state index is 0.101. The van der Waals surface area contributed by atoms with Crippen molar-refractivity contribution in [2.75, 3.05) is 7.05 Å². The molecule has 0 saturated heterocycles. The molecule has 20 heavy (non-hydrogen) atoms. The lowest BCUT2D eigenvalue weighted by atomic mass is 9.93. The summed E-state index contributed by atoms with van der Waals surface area (Å²) in [6, 6.07) is 4.88. The van der Waals surface area contributed by atoms with Crippen LogP contribution in [0.1, 0.15) is 35.4 Å². The van der Waals surface area contributed by atoms with Crippen LogP contribution in [-0.2, 0) is 7.05 Å². The Hall–Kier alpha value is -1.88. The van der Waals surface area contributed by atoms with Gasteiger partial charge in [-0.2, -0.15) is 5.10 Å². The van der Waals surface area contributed by atoms with Crippen molar-refractivity contribution in [2.45, 2.75) is 25.5 Å². The van der Waals surface area contributed by atoms with Crippen LogP contribution in [0.5, 0.6) is 5.75 Å². The Balaban J connectivity index is 2.00. The predicted molar refractivity (Wildman–Crippen MR) is 74.1 cm³/mol. The van der Waals surface area contributed by atoms with Crippen LogP contribution in [0.3, 0.4) is 0 Å². The summed E-state index contributed by atoms with van der Waals surface area (Å²) >= 11 is 0. The largest absolute Gasteiger partial charge is 0.485 e. The van der Waals surface area contributed by atoms with Crippen molar-refractivity contribution < 1.29 is 9.13 Å². The van der Waals surface area contributed by atoms with Crippen LogP contribution in [0.15, 0.2) is 24.4 Å². The number of rotatable bonds is 2. The van der Waals surface area contributed by atoms with Crippen molar-refractivity contribution in [1.82, 2.24) is 15.1 Å². The van der Waals surface area contributed by atoms with Gasteiger partial charge in [-0.25, -0.2) is 4.39 Å². The average molecular weight is 275 g/mol. The third-order valence-corrected chi connectivity index (χ3v) is 4.04. The van der Waals surface area contributed by atoms with E-state index in [-0.39, 0.29) is 18.0 Å². The van der Waals surface area contributed by atoms with E-state index in [2.05, 4.69) is 10.4 Å². The van der Waals surface area contributed by atoms with Crippen LogP contribution in [0.4, 0.5) is 4.39 Å². The Labute approximate surface area is 117 Å². The highest BCUT2D eigenvalue weighted by Gasteiger charge is 2.30. The highest BCUT2D eigenvalue weighted by atomic mass is 19.1. The van der Waals surface area contributed by atoms with Crippen molar-refractivity contribution in [3.63, 3.8) is 0 Å². The summed E-state index contributed by atoms with van der Waals surface area (Å²) in [5, 5.41) is 7.53. The van der Waals surface area contributed by atoms with Gasteiger partial charge in [0.1, 0.15) is 17.7 Å². The molecule has 2 heterocycles. The lowest BCUT2D eigenvalue weighted by Crippen LogP contribution is -2.27. The van der Waals surface area contributed by atoms with Crippen LogP contribution in [0.2, 0.25) is 0 Å². The number of aryl methyl sites for hydroxylation is 1. The van der Waals surface area contributed by atoms with Crippen molar-refractivity contribution in [3.8, 4) is 5.75 Å². The molecule has 4 nitrogen and oxygen atoms in total. The molecule has 3 rings (SSSR count). The van der Waals surface area contributed by atoms with Crippen LogP contribution >= 0.6 is 0 Å². The van der Waals surface area contributed by atoms with Crippen LogP contribution < -0.4 is 10.1 Å². The number of hydrogen-bond acceptors (Lipinski definition) is 3. The molecule has 0 fully saturated rings. The zero-order valence-corrected chi connectivity index (χ0v) is 11.9. The lowest BCUT2D eigenvalue weighted by Gasteiger charge is -2.32. The number of ether oxygens (including phenoxy) is 1. The third kappa shape index (κ3) is 2.08. The van der Waals surface area contributed by atoms with Gasteiger partial charge in [-0.05, 0) is 20.0 Å². The number of hydrogen-bond donors (Lipinski definition) is 1. The van der Waals surface area contributed by atoms with E-state index in [1.54, 1.807) is 6.07 Å². The quantitative estimate of drug-likeness (QED) is 0.916. The molecule has 2 unspecified atom stereocenters. The fourth-order valence-corrected chi connectivity index (χ4v) is 2.74. The van der Waals surface area contributed by atoms with Gasteiger partial charge in [0.15, 0.2) is 0 Å². The molecule has 1 aliphatic heterocycles. The van der Waals surface area contributed by atoms with E-state index >= 15 is 0 Å². The van der Waals surface area contributed by atoms with Crippen LogP contribution in [-0.4, -0.2) is 16.8 Å². The highest BCUT2D eigenvalue weighted by molar-refractivity contribution is 5.40. The second-order valence-corrected chi connectivity index (χ2v) is 5.17. The van der Waals surface area contributed by atoms with Gasteiger partial charge in [-0.1, -0.05) is 6.07 Å². The summed E-state index contributed by atoms with van der Waals surface area (Å²) in [5.41, 5.74) is 3.14. The number of nitrogens with zero attached hydrogens (tertiary/aromatic N) is 2. The second kappa shape index (κ2) is 4.90. The molecule has 1 aromatic heterocycles. The minimum Gasteiger partial charge on any atom is -0.485 e. The Morgan fingerprint density at radius 3 is 2.85 bits per heavy atom. The Kier molecular flexibility index (Phi) is 3.22. The maximum Gasteiger partial charge on any atom is 0.129 e. The molecule has 0 spiro atoms. The molecule has 0 bridgehead atoms. The summed E-state index contributed by atoms with van der Waals surface area (Å²) < 4.78 is 21.2. The molecule has 5 heteroatoms. The first kappa shape index (κ1) is 13.1. The second-order valence-electron chi connectivity index (χ2n) is 5.17. The molecule has 0 saturated carbocycles. The molecule has 0 radical (unpaired) electrons. The van der Waals surface area contributed by atoms with Crippen molar-refractivity contribution in [3.05, 3.63) is 47.0 Å². The van der Waals surface area contributed by atoms with Gasteiger partial charge in [0.05, 0.1) is 6.20 Å². The number of fused-ring (bicyclic) bond motifs is 1. The molecule has 2 atom stereocenters. The fraction of sp³-hybridized carbons (Fsp3) is 0.400. The molecule has 0 amide bonds. The van der Waals surface area contributed by atoms with Gasteiger partial charge >= 0.3 is 0 Å². The molecule has 1 N–H and O–H groups in total. The maximum atomic E-state index is 13.4. The summed E-state index contributed by atoms with van der Waals surface area (Å²) in [6.07, 6.45) is 2.54. The van der Waals surface area contributed by atoms with Crippen molar-refractivity contribution in [1.29, 1.82) is 0 Å². The van der Waals surface area contributed by atoms with Gasteiger partial charge in [-0.3, -0.25) is 4.68 Å². The maximum absolute atomic E-state index is 13.4. The standard InChI is InChI=1S/C15H18FN3O/c1-9-12(8-18-19(9)3)15-7-13(17-2)11-5-4-10(16)6-14(11)20-15/h4-6,8,13,15,17H,7H2,1-3H3. The average Bonchev–Trinajstić information content (AvgIpc) is 2.77. The number of benzene rings is 1. The monoisotopic (exact) mass is 275 g/mol. The molecule has 0 aliphatic carbocycles. The first-order valence-electron chi connectivity index (χ1n) is 6.72. The third-order valence-electron chi connectivity index (χ3n) is 4.04. The van der Waals surface area contributed by atoms with Gasteiger partial charge < -0.3 is 10.1 Å². The van der Waals surface area contributed by atoms with Gasteiger partial charge in [0.2, 0.25) is 0 Å². The Morgan fingerprint density at radius 2 is 2.20 bits per heavy atom. The molecular formula is C15H18FN3O. The summed E-state index contributed by atoms with van der Waals surface area (Å²) in [7, 11) is 3.82. The molecule has 1 aliphatic rings. The van der Waals surface area contributed by atoms with Gasteiger partial charge in [0, 0.05) is 42.4 Å². The van der Waals surface area contributed by atoms with E-state index in [1.807, 2.05) is 31.9 Å². The van der Waals surface area contributed by atoms with Crippen LogP contribution in [0, 0.1) is 12.7 Å². The summed E-state index contributed by atoms with van der Waals surface area (Å²) in [5.74, 6) is 0.339. The van der Waals surface area contributed by atoms with Crippen molar-refractivity contribution >= 4 is 0 Å². The lowest BCUT2D eigenvalue weighted by molar-refractivity contribution is 0.152. The summed E-state index contributed by atoms with van der Waals surface area (Å²) in [6.45, 7) is 2.02. The minimum atomic E-state index is -0.276. The van der Waals surface area contributed by atoms with Gasteiger partial charge in [0.25, 0.3) is 0 Å². The fourth-order valence-electron chi connectivity index (χ4n) is 2.74. The molecular weight excluding hydrogens is 257 g/mol. The van der Waals surface area contributed by atoms with E-state index in [0.717, 1.165) is 23.2 Å². The predicted octanol–water partition coefficient (Wildman–Crippen LogP) is 2.65. The molecule has 1 aromatic carbocycles. The number of halogens is 1. The SMILES string of the molecule is CNC1CC(c2cnn(C)c2C)Oc2cc(F)ccc21. The molecule has 2 aromatic rings. The zero-order valence-electron chi connectivity index (χ0n) is 11.9. The summed E-state index contributed by atoms with van der Waals surface area (Å²) in [4.78, 5) is 0. The Morgan fingerprint density at radius 1 is 1.40 bits per heavy atom. The number of nitrogens with one attached hydrogen (secondary N) is 1. The number of aromatic nitrogens is 2. The topological polar surface area (TPSA) is 39.1 Å². The highest BCUT2D eigenvalue weighted by Crippen LogP contribution is 2.41. The first-order valence-corrected chi connectivity index (χ1v) is 6.72. The van der Waals surface area contributed by atoms with Crippen molar-refractivity contribution in [2.24, 2.45) is 7.05 Å². The smallest absolute Gasteiger partial charge is 0.129 e. The van der Waals surface area contributed by atoms with E-state index in [9.17, 15) is 4.39 Å².